The lowest BCUT2D eigenvalue weighted by atomic mass is 9.84. The summed E-state index contributed by atoms with van der Waals surface area (Å²) >= 11 is 0. The monoisotopic (exact) mass is 569 g/mol. The molecule has 2 aromatic carbocycles. The molecule has 0 radical (unpaired) electrons. The fourth-order valence-electron chi connectivity index (χ4n) is 5.70. The number of ketones is 1. The Morgan fingerprint density at radius 1 is 1.02 bits per heavy atom. The summed E-state index contributed by atoms with van der Waals surface area (Å²) in [5.41, 5.74) is 2.88. The van der Waals surface area contributed by atoms with Crippen LogP contribution < -0.4 is 19.1 Å². The van der Waals surface area contributed by atoms with Crippen LogP contribution in [0.4, 0.5) is 10.1 Å². The molecule has 1 fully saturated rings. The van der Waals surface area contributed by atoms with Crippen LogP contribution >= 0.6 is 0 Å². The van der Waals surface area contributed by atoms with Crippen LogP contribution in [-0.2, 0) is 16.7 Å². The molecule has 9 heteroatoms. The molecule has 41 heavy (non-hydrogen) atoms. The van der Waals surface area contributed by atoms with Gasteiger partial charge in [-0.05, 0) is 62.8 Å². The van der Waals surface area contributed by atoms with E-state index in [4.69, 9.17) is 24.4 Å². The van der Waals surface area contributed by atoms with Crippen molar-refractivity contribution in [2.24, 2.45) is 0 Å². The summed E-state index contributed by atoms with van der Waals surface area (Å²) in [5.74, 6) is 0.307. The Labute approximate surface area is 243 Å². The smallest absolute Gasteiger partial charge is 0.197 e. The van der Waals surface area contributed by atoms with E-state index in [0.29, 0.717) is 30.1 Å². The molecule has 2 heterocycles. The SMILES string of the molecule is CCOc1cc2c(c(F)c1OCC)C(=N)N(CC(=O)c1cc(N3CCC(OCC)CC3)c(OC)c(C(C)(C)C)c1)C2. The third kappa shape index (κ3) is 6.30. The Bertz CT molecular complexity index is 1280. The standard InChI is InChI=1S/C32H44FN3O5/c1-8-39-22-11-13-35(14-12-22)24-16-20(15-23(29(24)38-7)32(4,5)6)25(37)19-36-18-21-17-26(40-9-2)30(41-10-3)28(33)27(21)31(36)34/h15-17,22,34H,8-14,18-19H2,1-7H3. The summed E-state index contributed by atoms with van der Waals surface area (Å²) in [6, 6.07) is 5.54. The summed E-state index contributed by atoms with van der Waals surface area (Å²) in [6.45, 7) is 15.0. The van der Waals surface area contributed by atoms with Crippen molar-refractivity contribution in [1.29, 1.82) is 5.41 Å². The summed E-state index contributed by atoms with van der Waals surface area (Å²) in [7, 11) is 1.67. The molecule has 1 saturated heterocycles. The second-order valence-corrected chi connectivity index (χ2v) is 11.5. The van der Waals surface area contributed by atoms with Gasteiger partial charge in [-0.15, -0.1) is 0 Å². The third-order valence-electron chi connectivity index (χ3n) is 7.69. The van der Waals surface area contributed by atoms with Gasteiger partial charge < -0.3 is 28.7 Å². The van der Waals surface area contributed by atoms with Gasteiger partial charge in [-0.3, -0.25) is 10.2 Å². The highest BCUT2D eigenvalue weighted by atomic mass is 19.1. The van der Waals surface area contributed by atoms with Crippen molar-refractivity contribution in [3.63, 3.8) is 0 Å². The summed E-state index contributed by atoms with van der Waals surface area (Å²) in [5, 5.41) is 8.74. The summed E-state index contributed by atoms with van der Waals surface area (Å²) in [4.78, 5) is 17.7. The fraction of sp³-hybridized carbons (Fsp3) is 0.562. The van der Waals surface area contributed by atoms with Crippen LogP contribution in [0, 0.1) is 11.2 Å². The van der Waals surface area contributed by atoms with Crippen LogP contribution in [0.2, 0.25) is 0 Å². The van der Waals surface area contributed by atoms with E-state index in [1.165, 1.54) is 0 Å². The van der Waals surface area contributed by atoms with E-state index in [-0.39, 0.29) is 54.1 Å². The molecule has 0 aliphatic carbocycles. The Balaban J connectivity index is 1.64. The van der Waals surface area contributed by atoms with Crippen molar-refractivity contribution in [2.45, 2.75) is 72.4 Å². The number of anilines is 1. The topological polar surface area (TPSA) is 84.3 Å². The molecule has 0 unspecified atom stereocenters. The van der Waals surface area contributed by atoms with Crippen LogP contribution in [0.15, 0.2) is 18.2 Å². The molecule has 1 N–H and O–H groups in total. The number of carbonyl (C=O) groups excluding carboxylic acids is 1. The van der Waals surface area contributed by atoms with Gasteiger partial charge in [0.1, 0.15) is 11.6 Å². The van der Waals surface area contributed by atoms with Gasteiger partial charge in [0, 0.05) is 37.4 Å². The predicted molar refractivity (Wildman–Crippen MR) is 159 cm³/mol. The number of hydrogen-bond acceptors (Lipinski definition) is 7. The molecule has 0 saturated carbocycles. The van der Waals surface area contributed by atoms with E-state index in [1.807, 2.05) is 26.0 Å². The lowest BCUT2D eigenvalue weighted by Gasteiger charge is -2.36. The van der Waals surface area contributed by atoms with Crippen molar-refractivity contribution in [3.05, 3.63) is 46.3 Å². The van der Waals surface area contributed by atoms with E-state index >= 15 is 4.39 Å². The molecular weight excluding hydrogens is 525 g/mol. The highest BCUT2D eigenvalue weighted by molar-refractivity contribution is 6.06. The molecule has 0 spiro atoms. The molecule has 2 aliphatic rings. The average molecular weight is 570 g/mol. The van der Waals surface area contributed by atoms with E-state index in [0.717, 1.165) is 42.9 Å². The molecule has 4 rings (SSSR count). The minimum Gasteiger partial charge on any atom is -0.494 e. The zero-order valence-electron chi connectivity index (χ0n) is 25.5. The molecule has 8 nitrogen and oxygen atoms in total. The number of halogens is 1. The van der Waals surface area contributed by atoms with E-state index in [1.54, 1.807) is 25.0 Å². The maximum Gasteiger partial charge on any atom is 0.197 e. The van der Waals surface area contributed by atoms with Gasteiger partial charge in [0.2, 0.25) is 0 Å². The minimum atomic E-state index is -0.620. The number of ether oxygens (including phenoxy) is 4. The third-order valence-corrected chi connectivity index (χ3v) is 7.69. The number of piperidine rings is 1. The Kier molecular flexibility index (Phi) is 9.47. The number of Topliss-reactive ketones (excluding diaryl/α,β-unsaturated/α-hetero) is 1. The van der Waals surface area contributed by atoms with Crippen molar-refractivity contribution in [2.75, 3.05) is 51.5 Å². The zero-order chi connectivity index (χ0) is 29.9. The molecule has 224 valence electrons. The second kappa shape index (κ2) is 12.7. The predicted octanol–water partition coefficient (Wildman–Crippen LogP) is 5.96. The molecule has 0 bridgehead atoms. The van der Waals surface area contributed by atoms with Gasteiger partial charge in [-0.25, -0.2) is 4.39 Å². The molecule has 2 aliphatic heterocycles. The highest BCUT2D eigenvalue weighted by Crippen LogP contribution is 2.42. The average Bonchev–Trinajstić information content (AvgIpc) is 3.24. The molecule has 0 atom stereocenters. The van der Waals surface area contributed by atoms with Gasteiger partial charge in [0.15, 0.2) is 23.1 Å². The van der Waals surface area contributed by atoms with Crippen molar-refractivity contribution in [3.8, 4) is 17.2 Å². The van der Waals surface area contributed by atoms with Gasteiger partial charge in [-0.2, -0.15) is 0 Å². The van der Waals surface area contributed by atoms with Crippen LogP contribution in [0.25, 0.3) is 0 Å². The Morgan fingerprint density at radius 3 is 2.29 bits per heavy atom. The number of benzene rings is 2. The molecule has 0 amide bonds. The summed E-state index contributed by atoms with van der Waals surface area (Å²) < 4.78 is 38.5. The molecular formula is C32H44FN3O5. The van der Waals surface area contributed by atoms with Crippen molar-refractivity contribution >= 4 is 17.3 Å². The Morgan fingerprint density at radius 2 is 1.71 bits per heavy atom. The fourth-order valence-corrected chi connectivity index (χ4v) is 5.70. The number of amidine groups is 1. The first-order valence-corrected chi connectivity index (χ1v) is 14.6. The number of carbonyl (C=O) groups is 1. The lowest BCUT2D eigenvalue weighted by Crippen LogP contribution is -2.37. The van der Waals surface area contributed by atoms with Crippen molar-refractivity contribution in [1.82, 2.24) is 4.90 Å². The number of nitrogens with one attached hydrogen (secondary N) is 1. The number of fused-ring (bicyclic) bond motifs is 1. The van der Waals surface area contributed by atoms with Crippen molar-refractivity contribution < 1.29 is 28.1 Å². The van der Waals surface area contributed by atoms with Crippen LogP contribution in [-0.4, -0.2) is 69.2 Å². The van der Waals surface area contributed by atoms with Gasteiger partial charge >= 0.3 is 0 Å². The number of rotatable bonds is 11. The second-order valence-electron chi connectivity index (χ2n) is 11.5. The van der Waals surface area contributed by atoms with E-state index in [2.05, 4.69) is 25.7 Å². The highest BCUT2D eigenvalue weighted by Gasteiger charge is 2.34. The quantitative estimate of drug-likeness (QED) is 0.335. The van der Waals surface area contributed by atoms with E-state index < -0.39 is 5.82 Å². The Hall–Kier alpha value is -3.33. The maximum absolute atomic E-state index is 15.5. The first-order chi connectivity index (χ1) is 19.5. The first kappa shape index (κ1) is 30.6. The zero-order valence-corrected chi connectivity index (χ0v) is 25.5. The van der Waals surface area contributed by atoms with Gasteiger partial charge in [0.25, 0.3) is 0 Å². The lowest BCUT2D eigenvalue weighted by molar-refractivity contribution is 0.0458. The van der Waals surface area contributed by atoms with Crippen LogP contribution in [0.5, 0.6) is 17.2 Å². The molecule has 0 aromatic heterocycles. The number of hydrogen-bond donors (Lipinski definition) is 1. The maximum atomic E-state index is 15.5. The first-order valence-electron chi connectivity index (χ1n) is 14.6. The summed E-state index contributed by atoms with van der Waals surface area (Å²) in [6.07, 6.45) is 2.05. The van der Waals surface area contributed by atoms with Crippen LogP contribution in [0.1, 0.15) is 81.4 Å². The minimum absolute atomic E-state index is 0.00810. The number of methoxy groups -OCH3 is 1. The number of nitrogens with zero attached hydrogens (tertiary/aromatic N) is 2. The largest absolute Gasteiger partial charge is 0.494 e. The van der Waals surface area contributed by atoms with Gasteiger partial charge in [0.05, 0.1) is 44.2 Å². The molecule has 2 aromatic rings. The van der Waals surface area contributed by atoms with E-state index in [9.17, 15) is 4.79 Å². The van der Waals surface area contributed by atoms with Crippen LogP contribution in [0.3, 0.4) is 0 Å². The normalized spacial score (nSPS) is 15.8. The van der Waals surface area contributed by atoms with Gasteiger partial charge in [-0.1, -0.05) is 20.8 Å².